The summed E-state index contributed by atoms with van der Waals surface area (Å²) in [6.07, 6.45) is 1.72. The first kappa shape index (κ1) is 11.4. The summed E-state index contributed by atoms with van der Waals surface area (Å²) in [6.45, 7) is 4.20. The second-order valence-corrected chi connectivity index (χ2v) is 4.04. The smallest absolute Gasteiger partial charge is 0.0930 e. The van der Waals surface area contributed by atoms with Gasteiger partial charge in [0, 0.05) is 5.69 Å². The molecule has 1 N–H and O–H groups in total. The van der Waals surface area contributed by atoms with Crippen LogP contribution in [0.4, 0.5) is 11.4 Å². The fraction of sp³-hybridized carbons (Fsp3) is 0.133. The van der Waals surface area contributed by atoms with Gasteiger partial charge in [-0.25, -0.2) is 4.99 Å². The van der Waals surface area contributed by atoms with Crippen LogP contribution in [-0.2, 0) is 0 Å². The Morgan fingerprint density at radius 2 is 1.71 bits per heavy atom. The van der Waals surface area contributed by atoms with Gasteiger partial charge in [0.15, 0.2) is 0 Å². The maximum atomic E-state index is 4.37. The highest BCUT2D eigenvalue weighted by Gasteiger charge is 1.93. The first-order valence-electron chi connectivity index (χ1n) is 5.67. The van der Waals surface area contributed by atoms with Crippen LogP contribution >= 0.6 is 0 Å². The van der Waals surface area contributed by atoms with E-state index in [0.717, 1.165) is 11.4 Å². The molecular weight excluding hydrogens is 208 g/mol. The summed E-state index contributed by atoms with van der Waals surface area (Å²) >= 11 is 0. The normalized spacial score (nSPS) is 10.7. The van der Waals surface area contributed by atoms with Gasteiger partial charge in [-0.15, -0.1) is 0 Å². The predicted molar refractivity (Wildman–Crippen MR) is 74.1 cm³/mol. The maximum absolute atomic E-state index is 4.37. The van der Waals surface area contributed by atoms with E-state index in [1.165, 1.54) is 11.1 Å². The van der Waals surface area contributed by atoms with Gasteiger partial charge in [-0.05, 0) is 49.2 Å². The van der Waals surface area contributed by atoms with Gasteiger partial charge < -0.3 is 5.32 Å². The molecule has 0 atom stereocenters. The summed E-state index contributed by atoms with van der Waals surface area (Å²) in [6, 6.07) is 16.2. The van der Waals surface area contributed by atoms with Crippen molar-refractivity contribution in [3.63, 3.8) is 0 Å². The van der Waals surface area contributed by atoms with E-state index in [2.05, 4.69) is 36.3 Å². The third-order valence-corrected chi connectivity index (χ3v) is 2.71. The summed E-state index contributed by atoms with van der Waals surface area (Å²) in [4.78, 5) is 4.37. The van der Waals surface area contributed by atoms with Crippen molar-refractivity contribution in [2.75, 3.05) is 5.32 Å². The van der Waals surface area contributed by atoms with E-state index in [9.17, 15) is 0 Å². The molecular formula is C15H16N2. The highest BCUT2D eigenvalue weighted by molar-refractivity contribution is 5.77. The summed E-state index contributed by atoms with van der Waals surface area (Å²) < 4.78 is 0. The molecule has 0 bridgehead atoms. The third kappa shape index (κ3) is 3.18. The van der Waals surface area contributed by atoms with E-state index in [1.807, 2.05) is 36.4 Å². The largest absolute Gasteiger partial charge is 0.346 e. The number of anilines is 1. The van der Waals surface area contributed by atoms with Gasteiger partial charge in [-0.1, -0.05) is 24.3 Å². The second-order valence-electron chi connectivity index (χ2n) is 4.04. The predicted octanol–water partition coefficient (Wildman–Crippen LogP) is 4.08. The van der Waals surface area contributed by atoms with Crippen molar-refractivity contribution in [1.29, 1.82) is 0 Å². The fourth-order valence-electron chi connectivity index (χ4n) is 1.52. The van der Waals surface area contributed by atoms with Gasteiger partial charge in [0.1, 0.15) is 0 Å². The number of hydrogen-bond acceptors (Lipinski definition) is 1. The zero-order valence-electron chi connectivity index (χ0n) is 10.1. The molecule has 0 fully saturated rings. The van der Waals surface area contributed by atoms with Crippen LogP contribution in [0.2, 0.25) is 0 Å². The van der Waals surface area contributed by atoms with E-state index in [0.29, 0.717) is 0 Å². The van der Waals surface area contributed by atoms with E-state index < -0.39 is 0 Å². The summed E-state index contributed by atoms with van der Waals surface area (Å²) in [5.74, 6) is 0. The molecule has 86 valence electrons. The Kier molecular flexibility index (Phi) is 3.55. The number of aryl methyl sites for hydroxylation is 2. The number of benzene rings is 2. The molecule has 0 aliphatic rings. The Morgan fingerprint density at radius 3 is 2.41 bits per heavy atom. The molecule has 2 rings (SSSR count). The lowest BCUT2D eigenvalue weighted by atomic mass is 10.1. The molecule has 2 heteroatoms. The lowest BCUT2D eigenvalue weighted by molar-refractivity contribution is 1.33. The van der Waals surface area contributed by atoms with Crippen molar-refractivity contribution in [2.45, 2.75) is 13.8 Å². The number of nitrogens with one attached hydrogen (secondary N) is 1. The van der Waals surface area contributed by atoms with Gasteiger partial charge in [0.25, 0.3) is 0 Å². The van der Waals surface area contributed by atoms with Crippen molar-refractivity contribution >= 4 is 17.7 Å². The van der Waals surface area contributed by atoms with Gasteiger partial charge in [0.2, 0.25) is 0 Å². The Morgan fingerprint density at radius 1 is 0.941 bits per heavy atom. The van der Waals surface area contributed by atoms with Crippen molar-refractivity contribution < 1.29 is 0 Å². The number of hydrogen-bond donors (Lipinski definition) is 1. The van der Waals surface area contributed by atoms with Crippen LogP contribution in [-0.4, -0.2) is 6.34 Å². The Hall–Kier alpha value is -2.09. The fourth-order valence-corrected chi connectivity index (χ4v) is 1.52. The molecule has 2 aromatic rings. The van der Waals surface area contributed by atoms with E-state index >= 15 is 0 Å². The van der Waals surface area contributed by atoms with Crippen molar-refractivity contribution in [3.8, 4) is 0 Å². The van der Waals surface area contributed by atoms with E-state index in [1.54, 1.807) is 6.34 Å². The number of nitrogens with zero attached hydrogens (tertiary/aromatic N) is 1. The van der Waals surface area contributed by atoms with Crippen molar-refractivity contribution in [1.82, 2.24) is 0 Å². The van der Waals surface area contributed by atoms with Crippen LogP contribution < -0.4 is 5.32 Å². The van der Waals surface area contributed by atoms with Gasteiger partial charge in [0.05, 0.1) is 12.0 Å². The first-order valence-corrected chi connectivity index (χ1v) is 5.67. The Bertz CT molecular complexity index is 516. The minimum absolute atomic E-state index is 0.969. The highest BCUT2D eigenvalue weighted by atomic mass is 14.9. The summed E-state index contributed by atoms with van der Waals surface area (Å²) in [5.41, 5.74) is 4.57. The minimum atomic E-state index is 0.969. The molecule has 0 saturated carbocycles. The second kappa shape index (κ2) is 5.30. The van der Waals surface area contributed by atoms with Crippen LogP contribution in [0.3, 0.4) is 0 Å². The minimum Gasteiger partial charge on any atom is -0.346 e. The monoisotopic (exact) mass is 224 g/mol. The SMILES string of the molecule is Cc1ccc(/N=C/Nc2ccccc2)cc1C. The van der Waals surface area contributed by atoms with Crippen molar-refractivity contribution in [2.24, 2.45) is 4.99 Å². The molecule has 0 unspecified atom stereocenters. The van der Waals surface area contributed by atoms with Crippen LogP contribution in [0.25, 0.3) is 0 Å². The molecule has 0 amide bonds. The molecule has 0 aliphatic heterocycles. The molecule has 2 nitrogen and oxygen atoms in total. The maximum Gasteiger partial charge on any atom is 0.0930 e. The molecule has 17 heavy (non-hydrogen) atoms. The van der Waals surface area contributed by atoms with E-state index in [4.69, 9.17) is 0 Å². The number of para-hydroxylation sites is 1. The van der Waals surface area contributed by atoms with Gasteiger partial charge in [-0.2, -0.15) is 0 Å². The molecule has 0 spiro atoms. The quantitative estimate of drug-likeness (QED) is 0.616. The van der Waals surface area contributed by atoms with Crippen LogP contribution in [0.5, 0.6) is 0 Å². The first-order chi connectivity index (χ1) is 8.25. The molecule has 0 saturated heterocycles. The van der Waals surface area contributed by atoms with Gasteiger partial charge in [-0.3, -0.25) is 0 Å². The Balaban J connectivity index is 2.03. The van der Waals surface area contributed by atoms with E-state index in [-0.39, 0.29) is 0 Å². The number of rotatable bonds is 3. The zero-order valence-corrected chi connectivity index (χ0v) is 10.1. The van der Waals surface area contributed by atoms with Crippen molar-refractivity contribution in [3.05, 3.63) is 59.7 Å². The summed E-state index contributed by atoms with van der Waals surface area (Å²) in [7, 11) is 0. The lowest BCUT2D eigenvalue weighted by Crippen LogP contribution is -1.93. The molecule has 0 radical (unpaired) electrons. The Labute approximate surface area is 102 Å². The average molecular weight is 224 g/mol. The van der Waals surface area contributed by atoms with Crippen LogP contribution in [0.15, 0.2) is 53.5 Å². The molecule has 0 heterocycles. The summed E-state index contributed by atoms with van der Waals surface area (Å²) in [5, 5.41) is 3.14. The lowest BCUT2D eigenvalue weighted by Gasteiger charge is -2.01. The standard InChI is InChI=1S/C15H16N2/c1-12-8-9-15(10-13(12)2)17-11-16-14-6-4-3-5-7-14/h3-11H,1-2H3,(H,16,17). The van der Waals surface area contributed by atoms with Gasteiger partial charge >= 0.3 is 0 Å². The molecule has 0 aromatic heterocycles. The topological polar surface area (TPSA) is 24.4 Å². The molecule has 0 aliphatic carbocycles. The number of aliphatic imine (C=N–C) groups is 1. The zero-order chi connectivity index (χ0) is 12.1. The average Bonchev–Trinajstić information content (AvgIpc) is 2.35. The highest BCUT2D eigenvalue weighted by Crippen LogP contribution is 2.16. The van der Waals surface area contributed by atoms with Crippen LogP contribution in [0, 0.1) is 13.8 Å². The van der Waals surface area contributed by atoms with Crippen LogP contribution in [0.1, 0.15) is 11.1 Å². The molecule has 2 aromatic carbocycles. The third-order valence-electron chi connectivity index (χ3n) is 2.71.